The molecule has 1 heterocycles. The highest BCUT2D eigenvalue weighted by atomic mass is 32.2. The second-order valence-corrected chi connectivity index (χ2v) is 8.85. The summed E-state index contributed by atoms with van der Waals surface area (Å²) in [5.74, 6) is -1.04. The van der Waals surface area contributed by atoms with Crippen LogP contribution in [-0.2, 0) is 11.2 Å². The predicted octanol–water partition coefficient (Wildman–Crippen LogP) is 4.28. The van der Waals surface area contributed by atoms with Gasteiger partial charge in [0.25, 0.3) is 0 Å². The quantitative estimate of drug-likeness (QED) is 0.545. The summed E-state index contributed by atoms with van der Waals surface area (Å²) in [6, 6.07) is 7.68. The Kier molecular flexibility index (Phi) is 4.82. The number of hydrogen-bond acceptors (Lipinski definition) is 4. The van der Waals surface area contributed by atoms with Gasteiger partial charge in [0.1, 0.15) is 16.4 Å². The number of benzene rings is 2. The Morgan fingerprint density at radius 2 is 1.81 bits per heavy atom. The second-order valence-electron chi connectivity index (χ2n) is 6.84. The number of carboxylic acids is 1. The van der Waals surface area contributed by atoms with E-state index in [0.717, 1.165) is 5.56 Å². The molecule has 0 aliphatic carbocycles. The summed E-state index contributed by atoms with van der Waals surface area (Å²) in [6.07, 6.45) is 0. The molecule has 6 heteroatoms. The van der Waals surface area contributed by atoms with E-state index in [2.05, 4.69) is 0 Å². The molecule has 1 aromatic heterocycles. The first-order valence-electron chi connectivity index (χ1n) is 8.39. The number of carboxylic acid groups (broad SMARTS) is 1. The van der Waals surface area contributed by atoms with Crippen molar-refractivity contribution >= 4 is 39.1 Å². The van der Waals surface area contributed by atoms with Crippen LogP contribution in [-0.4, -0.2) is 20.9 Å². The smallest absolute Gasteiger partial charge is 0.335 e. The van der Waals surface area contributed by atoms with Crippen molar-refractivity contribution in [3.05, 3.63) is 51.7 Å². The van der Waals surface area contributed by atoms with Crippen molar-refractivity contribution in [1.29, 1.82) is 0 Å². The Labute approximate surface area is 153 Å². The van der Waals surface area contributed by atoms with Gasteiger partial charge in [-0.15, -0.1) is 0 Å². The molecule has 0 saturated carbocycles. The van der Waals surface area contributed by atoms with Crippen molar-refractivity contribution in [3.8, 4) is 0 Å². The first-order valence-corrected chi connectivity index (χ1v) is 9.60. The highest BCUT2D eigenvalue weighted by Crippen LogP contribution is 2.31. The van der Waals surface area contributed by atoms with Crippen LogP contribution in [0.25, 0.3) is 21.9 Å². The molecule has 0 spiro atoms. The molecule has 3 aromatic rings. The van der Waals surface area contributed by atoms with Gasteiger partial charge < -0.3 is 14.1 Å². The SMILES string of the molecule is CC(C)c1cc([S+]([O-])C(C)C)cc2c(=O)c3cc(C(=O)O)ccc3oc12. The van der Waals surface area contributed by atoms with Crippen molar-refractivity contribution in [3.63, 3.8) is 0 Å². The molecule has 0 bridgehead atoms. The summed E-state index contributed by atoms with van der Waals surface area (Å²) in [7, 11) is 0. The molecule has 26 heavy (non-hydrogen) atoms. The van der Waals surface area contributed by atoms with E-state index in [1.54, 1.807) is 6.07 Å². The molecule has 1 N–H and O–H groups in total. The van der Waals surface area contributed by atoms with Crippen molar-refractivity contribution < 1.29 is 18.9 Å². The molecule has 0 amide bonds. The average molecular weight is 372 g/mol. The van der Waals surface area contributed by atoms with Crippen LogP contribution in [0, 0.1) is 0 Å². The summed E-state index contributed by atoms with van der Waals surface area (Å²) < 4.78 is 18.5. The largest absolute Gasteiger partial charge is 0.611 e. The van der Waals surface area contributed by atoms with E-state index in [0.29, 0.717) is 21.4 Å². The van der Waals surface area contributed by atoms with Gasteiger partial charge in [0.05, 0.1) is 16.3 Å². The third-order valence-corrected chi connectivity index (χ3v) is 5.86. The van der Waals surface area contributed by atoms with Gasteiger partial charge in [-0.1, -0.05) is 13.8 Å². The molecule has 0 radical (unpaired) electrons. The maximum Gasteiger partial charge on any atom is 0.335 e. The Bertz CT molecular complexity index is 1070. The zero-order valence-electron chi connectivity index (χ0n) is 15.0. The third-order valence-electron chi connectivity index (χ3n) is 4.30. The van der Waals surface area contributed by atoms with Crippen LogP contribution in [0.1, 0.15) is 49.5 Å². The van der Waals surface area contributed by atoms with E-state index in [9.17, 15) is 19.2 Å². The van der Waals surface area contributed by atoms with Gasteiger partial charge in [-0.2, -0.15) is 0 Å². The first-order chi connectivity index (χ1) is 12.2. The van der Waals surface area contributed by atoms with Crippen LogP contribution >= 0.6 is 0 Å². The molecule has 1 atom stereocenters. The zero-order valence-corrected chi connectivity index (χ0v) is 15.8. The fraction of sp³-hybridized carbons (Fsp3) is 0.300. The topological polar surface area (TPSA) is 90.6 Å². The van der Waals surface area contributed by atoms with Crippen molar-refractivity contribution in [2.24, 2.45) is 0 Å². The van der Waals surface area contributed by atoms with Gasteiger partial charge in [-0.25, -0.2) is 4.79 Å². The maximum absolute atomic E-state index is 13.0. The summed E-state index contributed by atoms with van der Waals surface area (Å²) in [5, 5.41) is 9.62. The van der Waals surface area contributed by atoms with Gasteiger partial charge in [0.15, 0.2) is 4.90 Å². The van der Waals surface area contributed by atoms with Crippen LogP contribution in [0.4, 0.5) is 0 Å². The van der Waals surface area contributed by atoms with Gasteiger partial charge in [0, 0.05) is 17.7 Å². The highest BCUT2D eigenvalue weighted by Gasteiger charge is 2.22. The number of aromatic carboxylic acids is 1. The Morgan fingerprint density at radius 1 is 1.12 bits per heavy atom. The molecule has 3 rings (SSSR count). The highest BCUT2D eigenvalue weighted by molar-refractivity contribution is 7.92. The van der Waals surface area contributed by atoms with Crippen LogP contribution in [0.15, 0.2) is 44.4 Å². The normalized spacial score (nSPS) is 13.0. The Balaban J connectivity index is 2.42. The first kappa shape index (κ1) is 18.5. The summed E-state index contributed by atoms with van der Waals surface area (Å²) in [6.45, 7) is 7.68. The van der Waals surface area contributed by atoms with Crippen LogP contribution in [0.2, 0.25) is 0 Å². The Hall–Kier alpha value is -2.31. The van der Waals surface area contributed by atoms with Crippen molar-refractivity contribution in [2.45, 2.75) is 43.8 Å². The molecule has 0 aliphatic heterocycles. The van der Waals surface area contributed by atoms with Gasteiger partial charge in [-0.05, 0) is 49.1 Å². The minimum absolute atomic E-state index is 0.0233. The van der Waals surface area contributed by atoms with Gasteiger partial charge >= 0.3 is 5.97 Å². The summed E-state index contributed by atoms with van der Waals surface area (Å²) in [4.78, 5) is 24.8. The van der Waals surface area contributed by atoms with Crippen molar-refractivity contribution in [2.75, 3.05) is 0 Å². The molecule has 1 unspecified atom stereocenters. The standard InChI is InChI=1S/C20H20O5S/c1-10(2)14-8-13(26(24)11(3)4)9-16-18(21)15-7-12(20(22)23)5-6-17(15)25-19(14)16/h5-11H,1-4H3,(H,22,23). The number of carbonyl (C=O) groups is 1. The molecule has 0 fully saturated rings. The van der Waals surface area contributed by atoms with E-state index >= 15 is 0 Å². The number of fused-ring (bicyclic) bond motifs is 2. The van der Waals surface area contributed by atoms with Crippen molar-refractivity contribution in [1.82, 2.24) is 0 Å². The lowest BCUT2D eigenvalue weighted by molar-refractivity contribution is 0.0697. The van der Waals surface area contributed by atoms with Crippen LogP contribution in [0.5, 0.6) is 0 Å². The van der Waals surface area contributed by atoms with E-state index in [4.69, 9.17) is 4.42 Å². The van der Waals surface area contributed by atoms with Crippen LogP contribution in [0.3, 0.4) is 0 Å². The lowest BCUT2D eigenvalue weighted by Gasteiger charge is -2.17. The average Bonchev–Trinajstić information content (AvgIpc) is 2.60. The summed E-state index contributed by atoms with van der Waals surface area (Å²) >= 11 is -1.25. The summed E-state index contributed by atoms with van der Waals surface area (Å²) in [5.41, 5.74) is 1.33. The predicted molar refractivity (Wildman–Crippen MR) is 103 cm³/mol. The molecule has 2 aromatic carbocycles. The van der Waals surface area contributed by atoms with Crippen LogP contribution < -0.4 is 5.43 Å². The fourth-order valence-corrected chi connectivity index (χ4v) is 3.93. The van der Waals surface area contributed by atoms with E-state index < -0.39 is 17.1 Å². The molecule has 0 aliphatic rings. The van der Waals surface area contributed by atoms with E-state index in [1.807, 2.05) is 33.8 Å². The van der Waals surface area contributed by atoms with Gasteiger partial charge in [-0.3, -0.25) is 4.79 Å². The van der Waals surface area contributed by atoms with E-state index in [-0.39, 0.29) is 27.5 Å². The lowest BCUT2D eigenvalue weighted by atomic mass is 9.99. The third kappa shape index (κ3) is 3.10. The van der Waals surface area contributed by atoms with E-state index in [1.165, 1.54) is 18.2 Å². The number of hydrogen-bond donors (Lipinski definition) is 1. The van der Waals surface area contributed by atoms with Gasteiger partial charge in [0.2, 0.25) is 5.43 Å². The minimum Gasteiger partial charge on any atom is -0.611 e. The fourth-order valence-electron chi connectivity index (χ4n) is 2.91. The molecule has 136 valence electrons. The molecule has 0 saturated heterocycles. The molecular weight excluding hydrogens is 352 g/mol. The second kappa shape index (κ2) is 6.78. The maximum atomic E-state index is 13.0. The molecular formula is C20H20O5S. The number of rotatable bonds is 4. The Morgan fingerprint density at radius 3 is 2.38 bits per heavy atom. The minimum atomic E-state index is -1.25. The lowest BCUT2D eigenvalue weighted by Crippen LogP contribution is -2.15. The monoisotopic (exact) mass is 372 g/mol. The molecule has 5 nitrogen and oxygen atoms in total. The zero-order chi connectivity index (χ0) is 19.2.